The maximum Gasteiger partial charge on any atom is 0.264 e. The summed E-state index contributed by atoms with van der Waals surface area (Å²) in [7, 11) is -4.23. The number of sulfonamides is 1. The predicted molar refractivity (Wildman–Crippen MR) is 175 cm³/mol. The molecule has 4 rings (SSSR count). The fourth-order valence-corrected chi connectivity index (χ4v) is 6.98. The van der Waals surface area contributed by atoms with Crippen LogP contribution in [0.15, 0.2) is 71.6 Å². The molecule has 1 aliphatic carbocycles. The third kappa shape index (κ3) is 8.59. The molecule has 1 atom stereocenters. The first-order valence-corrected chi connectivity index (χ1v) is 17.1. The Balaban J connectivity index is 1.69. The van der Waals surface area contributed by atoms with Gasteiger partial charge in [-0.2, -0.15) is 0 Å². The second kappa shape index (κ2) is 15.3. The number of carbonyl (C=O) groups excluding carboxylic acids is 2. The van der Waals surface area contributed by atoms with E-state index in [0.717, 1.165) is 36.4 Å². The van der Waals surface area contributed by atoms with E-state index in [-0.39, 0.29) is 29.1 Å². The molecule has 0 bridgehead atoms. The van der Waals surface area contributed by atoms with Crippen molar-refractivity contribution >= 4 is 62.3 Å². The normalized spacial score (nSPS) is 14.5. The molecule has 0 aromatic heterocycles. The quantitative estimate of drug-likeness (QED) is 0.220. The van der Waals surface area contributed by atoms with Crippen LogP contribution in [0.25, 0.3) is 0 Å². The van der Waals surface area contributed by atoms with Gasteiger partial charge in [-0.15, -0.1) is 0 Å². The van der Waals surface area contributed by atoms with Gasteiger partial charge in [-0.25, -0.2) is 8.42 Å². The molecule has 8 nitrogen and oxygen atoms in total. The fourth-order valence-electron chi connectivity index (χ4n) is 5.12. The van der Waals surface area contributed by atoms with Gasteiger partial charge in [0.25, 0.3) is 10.0 Å². The molecule has 0 heterocycles. The van der Waals surface area contributed by atoms with E-state index in [0.29, 0.717) is 33.0 Å². The number of hydrogen-bond donors (Lipinski definition) is 1. The molecule has 1 unspecified atom stereocenters. The lowest BCUT2D eigenvalue weighted by molar-refractivity contribution is -0.139. The van der Waals surface area contributed by atoms with Gasteiger partial charge in [-0.05, 0) is 92.9 Å². The number of ether oxygens (including phenoxy) is 1. The predicted octanol–water partition coefficient (Wildman–Crippen LogP) is 7.11. The molecule has 3 aromatic rings. The van der Waals surface area contributed by atoms with E-state index >= 15 is 0 Å². The van der Waals surface area contributed by atoms with Gasteiger partial charge >= 0.3 is 0 Å². The molecular weight excluding hydrogens is 645 g/mol. The van der Waals surface area contributed by atoms with Gasteiger partial charge < -0.3 is 15.0 Å². The first-order chi connectivity index (χ1) is 21.0. The van der Waals surface area contributed by atoms with E-state index < -0.39 is 28.5 Å². The second-order valence-electron chi connectivity index (χ2n) is 10.7. The minimum atomic E-state index is -4.23. The minimum absolute atomic E-state index is 0.00703. The van der Waals surface area contributed by atoms with Crippen molar-refractivity contribution in [2.24, 2.45) is 0 Å². The Labute approximate surface area is 274 Å². The van der Waals surface area contributed by atoms with Crippen molar-refractivity contribution in [2.75, 3.05) is 17.5 Å². The number of hydrogen-bond acceptors (Lipinski definition) is 5. The van der Waals surface area contributed by atoms with Crippen LogP contribution in [0.4, 0.5) is 5.69 Å². The van der Waals surface area contributed by atoms with E-state index in [2.05, 4.69) is 5.32 Å². The molecule has 1 aliphatic rings. The minimum Gasteiger partial charge on any atom is -0.494 e. The third-order valence-corrected chi connectivity index (χ3v) is 10.4. The summed E-state index contributed by atoms with van der Waals surface area (Å²) in [5.41, 5.74) is 0.892. The molecule has 0 saturated heterocycles. The second-order valence-corrected chi connectivity index (χ2v) is 13.8. The van der Waals surface area contributed by atoms with Gasteiger partial charge in [-0.1, -0.05) is 60.1 Å². The zero-order chi connectivity index (χ0) is 31.9. The summed E-state index contributed by atoms with van der Waals surface area (Å²) in [5, 5.41) is 4.12. The summed E-state index contributed by atoms with van der Waals surface area (Å²) in [6, 6.07) is 16.2. The molecule has 1 saturated carbocycles. The van der Waals surface area contributed by atoms with Gasteiger partial charge in [0.05, 0.1) is 27.2 Å². The van der Waals surface area contributed by atoms with Gasteiger partial charge in [0.15, 0.2) is 0 Å². The maximum atomic E-state index is 14.2. The van der Waals surface area contributed by atoms with E-state index in [1.54, 1.807) is 49.4 Å². The van der Waals surface area contributed by atoms with Crippen molar-refractivity contribution in [3.8, 4) is 5.75 Å². The Kier molecular flexibility index (Phi) is 11.8. The van der Waals surface area contributed by atoms with E-state index in [1.807, 2.05) is 6.92 Å². The third-order valence-electron chi connectivity index (χ3n) is 7.57. The van der Waals surface area contributed by atoms with Crippen molar-refractivity contribution in [1.82, 2.24) is 10.2 Å². The summed E-state index contributed by atoms with van der Waals surface area (Å²) in [5.74, 6) is -0.326. The number of anilines is 1. The molecule has 1 fully saturated rings. The van der Waals surface area contributed by atoms with E-state index in [4.69, 9.17) is 39.5 Å². The topological polar surface area (TPSA) is 96.0 Å². The van der Waals surface area contributed by atoms with Crippen molar-refractivity contribution < 1.29 is 22.7 Å². The number of amides is 2. The van der Waals surface area contributed by atoms with Crippen LogP contribution in [0.5, 0.6) is 5.75 Å². The lowest BCUT2D eigenvalue weighted by atomic mass is 9.95. The number of benzene rings is 3. The van der Waals surface area contributed by atoms with Crippen LogP contribution in [0.1, 0.15) is 51.5 Å². The average Bonchev–Trinajstić information content (AvgIpc) is 3.01. The first-order valence-electron chi connectivity index (χ1n) is 14.5. The summed E-state index contributed by atoms with van der Waals surface area (Å²) >= 11 is 18.4. The molecule has 1 N–H and O–H groups in total. The molecule has 0 radical (unpaired) electrons. The molecule has 0 spiro atoms. The number of nitrogens with zero attached hydrogens (tertiary/aromatic N) is 2. The highest BCUT2D eigenvalue weighted by Gasteiger charge is 2.33. The maximum absolute atomic E-state index is 14.2. The van der Waals surface area contributed by atoms with Crippen LogP contribution in [0.2, 0.25) is 15.1 Å². The van der Waals surface area contributed by atoms with Gasteiger partial charge in [0, 0.05) is 17.6 Å². The highest BCUT2D eigenvalue weighted by molar-refractivity contribution is 7.92. The summed E-state index contributed by atoms with van der Waals surface area (Å²) in [6.45, 7) is 3.36. The Hall–Kier alpha value is -2.98. The van der Waals surface area contributed by atoms with E-state index in [1.165, 1.54) is 29.2 Å². The van der Waals surface area contributed by atoms with Crippen LogP contribution in [0.3, 0.4) is 0 Å². The van der Waals surface area contributed by atoms with Crippen LogP contribution in [0, 0.1) is 0 Å². The van der Waals surface area contributed by atoms with Gasteiger partial charge in [-0.3, -0.25) is 13.9 Å². The molecular formula is C32H36Cl3N3O5S. The van der Waals surface area contributed by atoms with Crippen molar-refractivity contribution in [1.29, 1.82) is 0 Å². The Morgan fingerprint density at radius 2 is 1.59 bits per heavy atom. The van der Waals surface area contributed by atoms with E-state index in [9.17, 15) is 18.0 Å². The molecule has 44 heavy (non-hydrogen) atoms. The molecule has 3 aromatic carbocycles. The van der Waals surface area contributed by atoms with Crippen LogP contribution >= 0.6 is 34.8 Å². The Morgan fingerprint density at radius 3 is 2.20 bits per heavy atom. The van der Waals surface area contributed by atoms with Crippen molar-refractivity contribution in [3.63, 3.8) is 0 Å². The van der Waals surface area contributed by atoms with Crippen molar-refractivity contribution in [2.45, 2.75) is 69.5 Å². The SMILES string of the molecule is CCOc1ccc(N(CC(=O)N(Cc2ccc(Cl)c(Cl)c2)C(C)C(=O)NC2CCCCC2)S(=O)(=O)c2ccc(Cl)cc2)cc1. The molecule has 236 valence electrons. The fraction of sp³-hybridized carbons (Fsp3) is 0.375. The average molecular weight is 681 g/mol. The standard InChI is InChI=1S/C32H36Cl3N3O5S/c1-3-43-27-14-12-26(13-15-27)38(44(41,42)28-16-10-24(33)11-17-28)21-31(39)37(20-23-9-18-29(34)30(35)19-23)22(2)32(40)36-25-7-5-4-6-8-25/h9-19,22,25H,3-8,20-21H2,1-2H3,(H,36,40). The Morgan fingerprint density at radius 1 is 0.932 bits per heavy atom. The number of carbonyl (C=O) groups is 2. The zero-order valence-electron chi connectivity index (χ0n) is 24.6. The highest BCUT2D eigenvalue weighted by Crippen LogP contribution is 2.28. The first kappa shape index (κ1) is 33.9. The van der Waals surface area contributed by atoms with Crippen LogP contribution in [-0.2, 0) is 26.2 Å². The summed E-state index contributed by atoms with van der Waals surface area (Å²) in [6.07, 6.45) is 4.96. The highest BCUT2D eigenvalue weighted by atomic mass is 35.5. The van der Waals surface area contributed by atoms with Crippen molar-refractivity contribution in [3.05, 3.63) is 87.4 Å². The number of halogens is 3. The molecule has 12 heteroatoms. The Bertz CT molecular complexity index is 1550. The lowest BCUT2D eigenvalue weighted by Gasteiger charge is -2.33. The summed E-state index contributed by atoms with van der Waals surface area (Å²) < 4.78 is 34.5. The van der Waals surface area contributed by atoms with Gasteiger partial charge in [0.2, 0.25) is 11.8 Å². The molecule has 0 aliphatic heterocycles. The smallest absolute Gasteiger partial charge is 0.264 e. The van der Waals surface area contributed by atoms with Crippen LogP contribution in [-0.4, -0.2) is 50.4 Å². The lowest BCUT2D eigenvalue weighted by Crippen LogP contribution is -2.53. The van der Waals surface area contributed by atoms with Crippen LogP contribution < -0.4 is 14.4 Å². The number of rotatable bonds is 12. The number of nitrogens with one attached hydrogen (secondary N) is 1. The summed E-state index contributed by atoms with van der Waals surface area (Å²) in [4.78, 5) is 29.0. The zero-order valence-corrected chi connectivity index (χ0v) is 27.7. The molecule has 2 amide bonds. The van der Waals surface area contributed by atoms with Gasteiger partial charge in [0.1, 0.15) is 18.3 Å². The largest absolute Gasteiger partial charge is 0.494 e. The monoisotopic (exact) mass is 679 g/mol.